The van der Waals surface area contributed by atoms with Gasteiger partial charge in [-0.2, -0.15) is 0 Å². The van der Waals surface area contributed by atoms with Crippen LogP contribution in [0.3, 0.4) is 0 Å². The Morgan fingerprint density at radius 2 is 2.00 bits per heavy atom. The highest BCUT2D eigenvalue weighted by atomic mass is 35.5. The zero-order chi connectivity index (χ0) is 13.7. The van der Waals surface area contributed by atoms with Crippen LogP contribution < -0.4 is 5.32 Å². The maximum Gasteiger partial charge on any atom is 0.274 e. The van der Waals surface area contributed by atoms with E-state index in [1.165, 1.54) is 12.3 Å². The van der Waals surface area contributed by atoms with Crippen LogP contribution in [0, 0.1) is 0 Å². The first-order valence-corrected chi connectivity index (χ1v) is 6.19. The Morgan fingerprint density at radius 1 is 1.26 bits per heavy atom. The minimum absolute atomic E-state index is 0.109. The standard InChI is InChI=1S/C14H13ClN2O2/c15-11-5-7-16-13(9-11)14(19)17-12-3-1-10(2-4-12)6-8-18/h1-5,7,9,18H,6,8H2,(H,17,19). The van der Waals surface area contributed by atoms with E-state index >= 15 is 0 Å². The van der Waals surface area contributed by atoms with Crippen LogP contribution in [0.4, 0.5) is 5.69 Å². The number of hydrogen-bond donors (Lipinski definition) is 2. The molecule has 1 amide bonds. The number of aromatic nitrogens is 1. The van der Waals surface area contributed by atoms with E-state index in [1.807, 2.05) is 12.1 Å². The fourth-order valence-electron chi connectivity index (χ4n) is 1.61. The second kappa shape index (κ2) is 6.31. The number of pyridine rings is 1. The fraction of sp³-hybridized carbons (Fsp3) is 0.143. The average Bonchev–Trinajstić information content (AvgIpc) is 2.41. The van der Waals surface area contributed by atoms with Gasteiger partial charge in [0, 0.05) is 23.5 Å². The molecular formula is C14H13ClN2O2. The van der Waals surface area contributed by atoms with E-state index in [9.17, 15) is 4.79 Å². The minimum Gasteiger partial charge on any atom is -0.396 e. The number of nitrogens with one attached hydrogen (secondary N) is 1. The number of aliphatic hydroxyl groups is 1. The number of hydrogen-bond acceptors (Lipinski definition) is 3. The monoisotopic (exact) mass is 276 g/mol. The number of anilines is 1. The van der Waals surface area contributed by atoms with Crippen molar-refractivity contribution in [2.75, 3.05) is 11.9 Å². The Balaban J connectivity index is 2.06. The largest absolute Gasteiger partial charge is 0.396 e. The number of carbonyl (C=O) groups is 1. The maximum absolute atomic E-state index is 11.9. The lowest BCUT2D eigenvalue weighted by molar-refractivity contribution is 0.102. The molecule has 0 spiro atoms. The molecule has 0 unspecified atom stereocenters. The van der Waals surface area contributed by atoms with Crippen molar-refractivity contribution in [2.45, 2.75) is 6.42 Å². The van der Waals surface area contributed by atoms with E-state index in [2.05, 4.69) is 10.3 Å². The van der Waals surface area contributed by atoms with Gasteiger partial charge in [-0.05, 0) is 36.2 Å². The molecule has 0 bridgehead atoms. The normalized spacial score (nSPS) is 10.2. The molecule has 2 aromatic rings. The van der Waals surface area contributed by atoms with Crippen LogP contribution in [0.15, 0.2) is 42.6 Å². The van der Waals surface area contributed by atoms with Crippen LogP contribution in [0.1, 0.15) is 16.1 Å². The predicted octanol–water partition coefficient (Wildman–Crippen LogP) is 2.52. The summed E-state index contributed by atoms with van der Waals surface area (Å²) >= 11 is 5.80. The number of rotatable bonds is 4. The highest BCUT2D eigenvalue weighted by Gasteiger charge is 2.07. The van der Waals surface area contributed by atoms with Crippen LogP contribution in [0.25, 0.3) is 0 Å². The van der Waals surface area contributed by atoms with Crippen molar-refractivity contribution in [3.63, 3.8) is 0 Å². The van der Waals surface area contributed by atoms with Gasteiger partial charge in [0.25, 0.3) is 5.91 Å². The van der Waals surface area contributed by atoms with Crippen LogP contribution in [0.5, 0.6) is 0 Å². The fourth-order valence-corrected chi connectivity index (χ4v) is 1.77. The first kappa shape index (κ1) is 13.5. The first-order valence-electron chi connectivity index (χ1n) is 5.82. The van der Waals surface area contributed by atoms with Crippen LogP contribution in [0.2, 0.25) is 5.02 Å². The summed E-state index contributed by atoms with van der Waals surface area (Å²) in [6.07, 6.45) is 2.09. The van der Waals surface area contributed by atoms with E-state index in [1.54, 1.807) is 18.2 Å². The van der Waals surface area contributed by atoms with Crippen molar-refractivity contribution in [3.05, 3.63) is 58.9 Å². The number of amides is 1. The van der Waals surface area contributed by atoms with Crippen molar-refractivity contribution in [1.82, 2.24) is 4.98 Å². The summed E-state index contributed by atoms with van der Waals surface area (Å²) in [6, 6.07) is 10.4. The molecule has 0 saturated carbocycles. The van der Waals surface area contributed by atoms with Crippen molar-refractivity contribution in [1.29, 1.82) is 0 Å². The van der Waals surface area contributed by atoms with Crippen LogP contribution >= 0.6 is 11.6 Å². The number of aliphatic hydroxyl groups excluding tert-OH is 1. The van der Waals surface area contributed by atoms with E-state index < -0.39 is 0 Å². The van der Waals surface area contributed by atoms with Gasteiger partial charge in [-0.3, -0.25) is 9.78 Å². The molecule has 1 aromatic heterocycles. The topological polar surface area (TPSA) is 62.2 Å². The molecular weight excluding hydrogens is 264 g/mol. The highest BCUT2D eigenvalue weighted by molar-refractivity contribution is 6.30. The van der Waals surface area contributed by atoms with Gasteiger partial charge in [0.15, 0.2) is 0 Å². The van der Waals surface area contributed by atoms with Crippen LogP contribution in [-0.4, -0.2) is 22.6 Å². The lowest BCUT2D eigenvalue weighted by Crippen LogP contribution is -2.13. The van der Waals surface area contributed by atoms with Crippen molar-refractivity contribution in [3.8, 4) is 0 Å². The third kappa shape index (κ3) is 3.77. The number of carbonyl (C=O) groups excluding carboxylic acids is 1. The van der Waals surface area contributed by atoms with Gasteiger partial charge in [0.1, 0.15) is 5.69 Å². The molecule has 0 radical (unpaired) electrons. The first-order chi connectivity index (χ1) is 9.19. The smallest absolute Gasteiger partial charge is 0.274 e. The molecule has 19 heavy (non-hydrogen) atoms. The van der Waals surface area contributed by atoms with Crippen LogP contribution in [-0.2, 0) is 6.42 Å². The second-order valence-corrected chi connectivity index (χ2v) is 4.42. The summed E-state index contributed by atoms with van der Waals surface area (Å²) in [5.74, 6) is -0.308. The molecule has 0 aliphatic rings. The van der Waals surface area contributed by atoms with Gasteiger partial charge >= 0.3 is 0 Å². The van der Waals surface area contributed by atoms with Gasteiger partial charge in [0.2, 0.25) is 0 Å². The average molecular weight is 277 g/mol. The maximum atomic E-state index is 11.9. The zero-order valence-electron chi connectivity index (χ0n) is 10.1. The third-order valence-corrected chi connectivity index (χ3v) is 2.80. The highest BCUT2D eigenvalue weighted by Crippen LogP contribution is 2.13. The third-order valence-electron chi connectivity index (χ3n) is 2.57. The van der Waals surface area contributed by atoms with Crippen molar-refractivity contribution < 1.29 is 9.90 Å². The number of halogens is 1. The van der Waals surface area contributed by atoms with Gasteiger partial charge < -0.3 is 10.4 Å². The SMILES string of the molecule is O=C(Nc1ccc(CCO)cc1)c1cc(Cl)ccn1. The summed E-state index contributed by atoms with van der Waals surface area (Å²) < 4.78 is 0. The molecule has 0 saturated heterocycles. The molecule has 2 rings (SSSR count). The van der Waals surface area contributed by atoms with Crippen molar-refractivity contribution in [2.24, 2.45) is 0 Å². The molecule has 0 aliphatic heterocycles. The van der Waals surface area contributed by atoms with E-state index in [0.717, 1.165) is 5.56 Å². The summed E-state index contributed by atoms with van der Waals surface area (Å²) in [4.78, 5) is 15.9. The molecule has 1 aromatic carbocycles. The van der Waals surface area contributed by atoms with E-state index in [0.29, 0.717) is 17.1 Å². The summed E-state index contributed by atoms with van der Waals surface area (Å²) in [5.41, 5.74) is 1.96. The Labute approximate surface area is 116 Å². The minimum atomic E-state index is -0.308. The molecule has 4 nitrogen and oxygen atoms in total. The van der Waals surface area contributed by atoms with Crippen molar-refractivity contribution >= 4 is 23.2 Å². The molecule has 5 heteroatoms. The Kier molecular flexibility index (Phi) is 4.49. The number of nitrogens with zero attached hydrogens (tertiary/aromatic N) is 1. The quantitative estimate of drug-likeness (QED) is 0.902. The Morgan fingerprint density at radius 3 is 2.63 bits per heavy atom. The Bertz CT molecular complexity index is 570. The van der Waals surface area contributed by atoms with Gasteiger partial charge in [0.05, 0.1) is 0 Å². The Hall–Kier alpha value is -1.91. The molecule has 0 aliphatic carbocycles. The number of benzene rings is 1. The lowest BCUT2D eigenvalue weighted by atomic mass is 10.1. The molecule has 98 valence electrons. The van der Waals surface area contributed by atoms with E-state index in [-0.39, 0.29) is 18.2 Å². The van der Waals surface area contributed by atoms with Gasteiger partial charge in [-0.15, -0.1) is 0 Å². The summed E-state index contributed by atoms with van der Waals surface area (Å²) in [6.45, 7) is 0.109. The zero-order valence-corrected chi connectivity index (χ0v) is 10.9. The van der Waals surface area contributed by atoms with E-state index in [4.69, 9.17) is 16.7 Å². The summed E-state index contributed by atoms with van der Waals surface area (Å²) in [5, 5.41) is 12.0. The second-order valence-electron chi connectivity index (χ2n) is 3.98. The lowest BCUT2D eigenvalue weighted by Gasteiger charge is -2.06. The summed E-state index contributed by atoms with van der Waals surface area (Å²) in [7, 11) is 0. The van der Waals surface area contributed by atoms with Gasteiger partial charge in [-0.1, -0.05) is 23.7 Å². The van der Waals surface area contributed by atoms with Gasteiger partial charge in [-0.25, -0.2) is 0 Å². The molecule has 2 N–H and O–H groups in total. The predicted molar refractivity (Wildman–Crippen MR) is 74.4 cm³/mol. The molecule has 1 heterocycles. The molecule has 0 atom stereocenters. The molecule has 0 fully saturated rings.